The Labute approximate surface area is 159 Å². The van der Waals surface area contributed by atoms with Crippen LogP contribution < -0.4 is 4.74 Å². The van der Waals surface area contributed by atoms with E-state index >= 15 is 0 Å². The average Bonchev–Trinajstić information content (AvgIpc) is 3.03. The van der Waals surface area contributed by atoms with E-state index in [0.717, 1.165) is 28.9 Å². The molecule has 2 heterocycles. The number of methoxy groups -OCH3 is 1. The Balaban J connectivity index is 1.74. The van der Waals surface area contributed by atoms with E-state index < -0.39 is 0 Å². The number of amides is 1. The number of carbonyl (C=O) groups excluding carboxylic acids is 1. The Bertz CT molecular complexity index is 929. The van der Waals surface area contributed by atoms with Crippen molar-refractivity contribution in [3.05, 3.63) is 65.2 Å². The fraction of sp³-hybridized carbons (Fsp3) is 0.286. The number of aromatic amines is 1. The van der Waals surface area contributed by atoms with Gasteiger partial charge in [0.05, 0.1) is 19.0 Å². The quantitative estimate of drug-likeness (QED) is 0.728. The number of nitrogens with zero attached hydrogens (tertiary/aromatic N) is 3. The summed E-state index contributed by atoms with van der Waals surface area (Å²) in [6.45, 7) is 4.61. The number of pyridine rings is 1. The molecule has 1 amide bonds. The van der Waals surface area contributed by atoms with Crippen LogP contribution in [0.5, 0.6) is 5.75 Å². The van der Waals surface area contributed by atoms with Crippen LogP contribution in [-0.4, -0.2) is 46.7 Å². The first-order chi connectivity index (χ1) is 13.0. The first-order valence-corrected chi connectivity index (χ1v) is 8.85. The third-order valence-electron chi connectivity index (χ3n) is 4.72. The van der Waals surface area contributed by atoms with Crippen molar-refractivity contribution < 1.29 is 9.53 Å². The van der Waals surface area contributed by atoms with E-state index in [1.54, 1.807) is 24.4 Å². The number of rotatable bonds is 6. The maximum Gasteiger partial charge on any atom is 0.253 e. The summed E-state index contributed by atoms with van der Waals surface area (Å²) in [5.74, 6) is 0.679. The van der Waals surface area contributed by atoms with Gasteiger partial charge in [-0.05, 0) is 49.6 Å². The van der Waals surface area contributed by atoms with Crippen LogP contribution in [0.1, 0.15) is 27.3 Å². The molecular weight excluding hydrogens is 340 g/mol. The number of ether oxygens (including phenoxy) is 1. The zero-order valence-corrected chi connectivity index (χ0v) is 16.1. The first-order valence-electron chi connectivity index (χ1n) is 8.85. The molecule has 0 spiro atoms. The second kappa shape index (κ2) is 8.03. The summed E-state index contributed by atoms with van der Waals surface area (Å²) in [5, 5.41) is 7.20. The summed E-state index contributed by atoms with van der Waals surface area (Å²) in [5.41, 5.74) is 5.71. The Morgan fingerprint density at radius 1 is 1.19 bits per heavy atom. The lowest BCUT2D eigenvalue weighted by Gasteiger charge is -2.18. The van der Waals surface area contributed by atoms with Gasteiger partial charge in [-0.1, -0.05) is 12.1 Å². The highest BCUT2D eigenvalue weighted by atomic mass is 16.5. The predicted octanol–water partition coefficient (Wildman–Crippen LogP) is 3.41. The minimum absolute atomic E-state index is 0.00786. The van der Waals surface area contributed by atoms with Crippen LogP contribution in [0, 0.1) is 13.8 Å². The number of H-pyrrole nitrogens is 1. The average molecular weight is 364 g/mol. The second-order valence-corrected chi connectivity index (χ2v) is 6.58. The molecule has 0 fully saturated rings. The number of aryl methyl sites for hydroxylation is 2. The van der Waals surface area contributed by atoms with Crippen molar-refractivity contribution in [3.63, 3.8) is 0 Å². The molecule has 0 bridgehead atoms. The molecule has 0 aliphatic rings. The number of benzene rings is 1. The minimum Gasteiger partial charge on any atom is -0.495 e. The molecule has 0 saturated carbocycles. The van der Waals surface area contributed by atoms with E-state index in [1.165, 1.54) is 5.56 Å². The lowest BCUT2D eigenvalue weighted by Crippen LogP contribution is -2.29. The molecule has 6 heteroatoms. The van der Waals surface area contributed by atoms with Gasteiger partial charge in [-0.2, -0.15) is 5.10 Å². The standard InChI is InChI=1S/C21H24N4O2/c1-14-20(15(2)24-23-14)8-9-25(3)21(26)17-7-5-6-16(10-17)18-11-19(27-4)13-22-12-18/h5-7,10-13H,8-9H2,1-4H3,(H,23,24). The van der Waals surface area contributed by atoms with Gasteiger partial charge in [-0.15, -0.1) is 0 Å². The fourth-order valence-corrected chi connectivity index (χ4v) is 3.06. The van der Waals surface area contributed by atoms with E-state index in [0.29, 0.717) is 17.9 Å². The maximum atomic E-state index is 12.8. The smallest absolute Gasteiger partial charge is 0.253 e. The molecule has 0 aliphatic heterocycles. The van der Waals surface area contributed by atoms with Gasteiger partial charge in [-0.3, -0.25) is 14.9 Å². The molecule has 0 atom stereocenters. The third kappa shape index (κ3) is 4.16. The Morgan fingerprint density at radius 2 is 2.00 bits per heavy atom. The number of nitrogens with one attached hydrogen (secondary N) is 1. The zero-order chi connectivity index (χ0) is 19.4. The molecule has 6 nitrogen and oxygen atoms in total. The van der Waals surface area contributed by atoms with Crippen molar-refractivity contribution in [2.45, 2.75) is 20.3 Å². The summed E-state index contributed by atoms with van der Waals surface area (Å²) in [6, 6.07) is 9.49. The zero-order valence-electron chi connectivity index (χ0n) is 16.1. The molecule has 1 aromatic carbocycles. The second-order valence-electron chi connectivity index (χ2n) is 6.58. The number of hydrogen-bond donors (Lipinski definition) is 1. The highest BCUT2D eigenvalue weighted by Crippen LogP contribution is 2.24. The molecule has 140 valence electrons. The Kier molecular flexibility index (Phi) is 5.54. The fourth-order valence-electron chi connectivity index (χ4n) is 3.06. The van der Waals surface area contributed by atoms with E-state index in [1.807, 2.05) is 51.2 Å². The predicted molar refractivity (Wildman–Crippen MR) is 105 cm³/mol. The molecule has 3 rings (SSSR count). The summed E-state index contributed by atoms with van der Waals surface area (Å²) in [4.78, 5) is 18.8. The van der Waals surface area contributed by atoms with Crippen LogP contribution >= 0.6 is 0 Å². The summed E-state index contributed by atoms with van der Waals surface area (Å²) >= 11 is 0. The van der Waals surface area contributed by atoms with Crippen molar-refractivity contribution in [3.8, 4) is 16.9 Å². The van der Waals surface area contributed by atoms with Gasteiger partial charge in [-0.25, -0.2) is 0 Å². The number of aromatic nitrogens is 3. The van der Waals surface area contributed by atoms with Gasteiger partial charge >= 0.3 is 0 Å². The van der Waals surface area contributed by atoms with Gasteiger partial charge in [0.2, 0.25) is 0 Å². The van der Waals surface area contributed by atoms with Crippen molar-refractivity contribution in [1.29, 1.82) is 0 Å². The number of likely N-dealkylation sites (N-methyl/N-ethyl adjacent to an activating group) is 1. The van der Waals surface area contributed by atoms with E-state index in [4.69, 9.17) is 4.74 Å². The Morgan fingerprint density at radius 3 is 2.70 bits per heavy atom. The molecule has 0 aliphatic carbocycles. The van der Waals surface area contributed by atoms with Gasteiger partial charge in [0, 0.05) is 36.6 Å². The Hall–Kier alpha value is -3.15. The van der Waals surface area contributed by atoms with E-state index in [-0.39, 0.29) is 5.91 Å². The van der Waals surface area contributed by atoms with Crippen molar-refractivity contribution in [1.82, 2.24) is 20.1 Å². The number of hydrogen-bond acceptors (Lipinski definition) is 4. The van der Waals surface area contributed by atoms with Crippen molar-refractivity contribution in [2.24, 2.45) is 0 Å². The molecular formula is C21H24N4O2. The van der Waals surface area contributed by atoms with Crippen LogP contribution in [0.4, 0.5) is 0 Å². The van der Waals surface area contributed by atoms with Crippen LogP contribution in [0.2, 0.25) is 0 Å². The maximum absolute atomic E-state index is 12.8. The van der Waals surface area contributed by atoms with Crippen molar-refractivity contribution >= 4 is 5.91 Å². The third-order valence-corrected chi connectivity index (χ3v) is 4.72. The molecule has 27 heavy (non-hydrogen) atoms. The highest BCUT2D eigenvalue weighted by molar-refractivity contribution is 5.95. The molecule has 0 radical (unpaired) electrons. The summed E-state index contributed by atoms with van der Waals surface area (Å²) in [6.07, 6.45) is 4.20. The number of carbonyl (C=O) groups is 1. The van der Waals surface area contributed by atoms with Crippen LogP contribution in [0.25, 0.3) is 11.1 Å². The normalized spacial score (nSPS) is 10.7. The molecule has 0 saturated heterocycles. The van der Waals surface area contributed by atoms with Gasteiger partial charge in [0.25, 0.3) is 5.91 Å². The SMILES string of the molecule is COc1cncc(-c2cccc(C(=O)N(C)CCc3c(C)n[nH]c3C)c2)c1. The van der Waals surface area contributed by atoms with Crippen LogP contribution in [-0.2, 0) is 6.42 Å². The molecule has 1 N–H and O–H groups in total. The molecule has 0 unspecified atom stereocenters. The van der Waals surface area contributed by atoms with Gasteiger partial charge < -0.3 is 9.64 Å². The topological polar surface area (TPSA) is 71.1 Å². The summed E-state index contributed by atoms with van der Waals surface area (Å²) in [7, 11) is 3.44. The lowest BCUT2D eigenvalue weighted by atomic mass is 10.0. The van der Waals surface area contributed by atoms with Gasteiger partial charge in [0.1, 0.15) is 5.75 Å². The van der Waals surface area contributed by atoms with Crippen molar-refractivity contribution in [2.75, 3.05) is 20.7 Å². The molecule has 3 aromatic rings. The van der Waals surface area contributed by atoms with Crippen LogP contribution in [0.15, 0.2) is 42.7 Å². The molecule has 2 aromatic heterocycles. The van der Waals surface area contributed by atoms with E-state index in [9.17, 15) is 4.79 Å². The lowest BCUT2D eigenvalue weighted by molar-refractivity contribution is 0.0796. The largest absolute Gasteiger partial charge is 0.495 e. The van der Waals surface area contributed by atoms with E-state index in [2.05, 4.69) is 15.2 Å². The first kappa shape index (κ1) is 18.6. The monoisotopic (exact) mass is 364 g/mol. The van der Waals surface area contributed by atoms with Crippen LogP contribution in [0.3, 0.4) is 0 Å². The highest BCUT2D eigenvalue weighted by Gasteiger charge is 2.14. The van der Waals surface area contributed by atoms with Gasteiger partial charge in [0.15, 0.2) is 0 Å². The minimum atomic E-state index is -0.00786. The summed E-state index contributed by atoms with van der Waals surface area (Å²) < 4.78 is 5.23.